The molecule has 0 fully saturated rings. The van der Waals surface area contributed by atoms with Gasteiger partial charge in [-0.15, -0.1) is 0 Å². The normalized spacial score (nSPS) is 13.2. The van der Waals surface area contributed by atoms with Crippen LogP contribution in [-0.4, -0.2) is 26.9 Å². The highest BCUT2D eigenvalue weighted by atomic mass is 79.9. The number of carbonyl (C=O) groups is 1. The summed E-state index contributed by atoms with van der Waals surface area (Å²) in [5.41, 5.74) is 0. The van der Waals surface area contributed by atoms with Crippen molar-refractivity contribution < 1.29 is 13.2 Å². The molecule has 0 aliphatic carbocycles. The number of sulfonamides is 1. The van der Waals surface area contributed by atoms with Gasteiger partial charge in [0.2, 0.25) is 15.9 Å². The Morgan fingerprint density at radius 2 is 1.75 bits per heavy atom. The summed E-state index contributed by atoms with van der Waals surface area (Å²) >= 11 is 3.24. The number of hydrogen-bond acceptors (Lipinski definition) is 3. The van der Waals surface area contributed by atoms with Crippen LogP contribution in [0.25, 0.3) is 0 Å². The molecule has 7 heteroatoms. The summed E-state index contributed by atoms with van der Waals surface area (Å²) in [4.78, 5) is 11.9. The SMILES string of the molecule is CC(C)CNC(=O)[C@H](C)NS(=O)(=O)c1ccc(Br)cc1. The van der Waals surface area contributed by atoms with Crippen LogP contribution in [0.15, 0.2) is 33.6 Å². The van der Waals surface area contributed by atoms with Crippen molar-refractivity contribution in [2.24, 2.45) is 5.92 Å². The Kier molecular flexibility index (Phi) is 6.16. The summed E-state index contributed by atoms with van der Waals surface area (Å²) in [5, 5.41) is 2.69. The number of amides is 1. The molecule has 0 saturated carbocycles. The lowest BCUT2D eigenvalue weighted by atomic mass is 10.2. The van der Waals surface area contributed by atoms with E-state index in [0.717, 1.165) is 4.47 Å². The average molecular weight is 363 g/mol. The van der Waals surface area contributed by atoms with Gasteiger partial charge in [0, 0.05) is 11.0 Å². The molecule has 1 amide bonds. The molecule has 0 aliphatic heterocycles. The predicted octanol–water partition coefficient (Wildman–Crippen LogP) is 1.89. The highest BCUT2D eigenvalue weighted by Crippen LogP contribution is 2.14. The molecule has 20 heavy (non-hydrogen) atoms. The molecular weight excluding hydrogens is 344 g/mol. The van der Waals surface area contributed by atoms with Crippen molar-refractivity contribution in [2.45, 2.75) is 31.7 Å². The van der Waals surface area contributed by atoms with Crippen LogP contribution in [0.5, 0.6) is 0 Å². The molecule has 112 valence electrons. The molecule has 0 spiro atoms. The fourth-order valence-corrected chi connectivity index (χ4v) is 2.89. The maximum Gasteiger partial charge on any atom is 0.241 e. The third kappa shape index (κ3) is 5.22. The molecular formula is C13H19BrN2O3S. The molecule has 0 aliphatic rings. The monoisotopic (exact) mass is 362 g/mol. The third-order valence-electron chi connectivity index (χ3n) is 2.53. The standard InChI is InChI=1S/C13H19BrN2O3S/c1-9(2)8-15-13(17)10(3)16-20(18,19)12-6-4-11(14)5-7-12/h4-7,9-10,16H,8H2,1-3H3,(H,15,17)/t10-/m0/s1. The molecule has 1 aromatic carbocycles. The Balaban J connectivity index is 2.70. The van der Waals surface area contributed by atoms with Gasteiger partial charge in [0.1, 0.15) is 0 Å². The third-order valence-corrected chi connectivity index (χ3v) is 4.62. The zero-order chi connectivity index (χ0) is 15.3. The second-order valence-electron chi connectivity index (χ2n) is 4.94. The van der Waals surface area contributed by atoms with E-state index in [1.54, 1.807) is 12.1 Å². The van der Waals surface area contributed by atoms with E-state index in [1.807, 2.05) is 13.8 Å². The number of rotatable bonds is 6. The molecule has 1 aromatic rings. The van der Waals surface area contributed by atoms with Crippen molar-refractivity contribution in [3.8, 4) is 0 Å². The molecule has 0 saturated heterocycles. The second kappa shape index (κ2) is 7.19. The van der Waals surface area contributed by atoms with E-state index >= 15 is 0 Å². The number of hydrogen-bond donors (Lipinski definition) is 2. The van der Waals surface area contributed by atoms with Crippen LogP contribution >= 0.6 is 15.9 Å². The van der Waals surface area contributed by atoms with Gasteiger partial charge < -0.3 is 5.32 Å². The molecule has 5 nitrogen and oxygen atoms in total. The highest BCUT2D eigenvalue weighted by Gasteiger charge is 2.21. The lowest BCUT2D eigenvalue weighted by Crippen LogP contribution is -2.45. The van der Waals surface area contributed by atoms with Crippen LogP contribution in [0.3, 0.4) is 0 Å². The molecule has 0 radical (unpaired) electrons. The Bertz CT molecular complexity index is 555. The first-order valence-corrected chi connectivity index (χ1v) is 8.55. The summed E-state index contributed by atoms with van der Waals surface area (Å²) in [7, 11) is -3.69. The fourth-order valence-electron chi connectivity index (χ4n) is 1.43. The maximum atomic E-state index is 12.1. The number of carbonyl (C=O) groups excluding carboxylic acids is 1. The van der Waals surface area contributed by atoms with Gasteiger partial charge in [0.25, 0.3) is 0 Å². The molecule has 1 rings (SSSR count). The van der Waals surface area contributed by atoms with Crippen molar-refractivity contribution in [3.05, 3.63) is 28.7 Å². The average Bonchev–Trinajstić information content (AvgIpc) is 2.35. The summed E-state index contributed by atoms with van der Waals surface area (Å²) in [5.74, 6) is -0.0198. The van der Waals surface area contributed by atoms with Gasteiger partial charge in [-0.25, -0.2) is 8.42 Å². The maximum absolute atomic E-state index is 12.1. The summed E-state index contributed by atoms with van der Waals surface area (Å²) < 4.78 is 27.3. The van der Waals surface area contributed by atoms with Crippen molar-refractivity contribution in [2.75, 3.05) is 6.54 Å². The summed E-state index contributed by atoms with van der Waals surface area (Å²) in [6, 6.07) is 5.41. The Hall–Kier alpha value is -0.920. The minimum atomic E-state index is -3.69. The van der Waals surface area contributed by atoms with Crippen molar-refractivity contribution in [1.82, 2.24) is 10.0 Å². The first kappa shape index (κ1) is 17.1. The van der Waals surface area contributed by atoms with Crippen LogP contribution in [0.4, 0.5) is 0 Å². The zero-order valence-corrected chi connectivity index (χ0v) is 14.1. The van der Waals surface area contributed by atoms with Crippen LogP contribution in [-0.2, 0) is 14.8 Å². The van der Waals surface area contributed by atoms with E-state index < -0.39 is 16.1 Å². The highest BCUT2D eigenvalue weighted by molar-refractivity contribution is 9.10. The quantitative estimate of drug-likeness (QED) is 0.811. The number of nitrogens with one attached hydrogen (secondary N) is 2. The van der Waals surface area contributed by atoms with Crippen molar-refractivity contribution in [1.29, 1.82) is 0 Å². The smallest absolute Gasteiger partial charge is 0.241 e. The van der Waals surface area contributed by atoms with E-state index in [-0.39, 0.29) is 10.8 Å². The Morgan fingerprint density at radius 3 is 2.25 bits per heavy atom. The molecule has 0 aromatic heterocycles. The summed E-state index contributed by atoms with van der Waals surface area (Å²) in [6.45, 7) is 5.98. The van der Waals surface area contributed by atoms with Gasteiger partial charge in [-0.1, -0.05) is 29.8 Å². The molecule has 0 bridgehead atoms. The van der Waals surface area contributed by atoms with Gasteiger partial charge >= 0.3 is 0 Å². The second-order valence-corrected chi connectivity index (χ2v) is 7.57. The number of halogens is 1. The van der Waals surface area contributed by atoms with Gasteiger partial charge in [-0.05, 0) is 37.1 Å². The van der Waals surface area contributed by atoms with E-state index in [0.29, 0.717) is 12.5 Å². The Morgan fingerprint density at radius 1 is 1.20 bits per heavy atom. The first-order chi connectivity index (χ1) is 9.22. The van der Waals surface area contributed by atoms with Gasteiger partial charge in [0.05, 0.1) is 10.9 Å². The van der Waals surface area contributed by atoms with Crippen LogP contribution in [0.2, 0.25) is 0 Å². The van der Waals surface area contributed by atoms with E-state index in [4.69, 9.17) is 0 Å². The van der Waals surface area contributed by atoms with E-state index in [9.17, 15) is 13.2 Å². The minimum Gasteiger partial charge on any atom is -0.354 e. The predicted molar refractivity (Wildman–Crippen MR) is 81.8 cm³/mol. The van der Waals surface area contributed by atoms with Gasteiger partial charge in [0.15, 0.2) is 0 Å². The van der Waals surface area contributed by atoms with Crippen molar-refractivity contribution >= 4 is 31.9 Å². The molecule has 0 heterocycles. The van der Waals surface area contributed by atoms with E-state index in [1.165, 1.54) is 19.1 Å². The topological polar surface area (TPSA) is 75.3 Å². The minimum absolute atomic E-state index is 0.129. The largest absolute Gasteiger partial charge is 0.354 e. The van der Waals surface area contributed by atoms with Crippen molar-refractivity contribution in [3.63, 3.8) is 0 Å². The summed E-state index contributed by atoms with van der Waals surface area (Å²) in [6.07, 6.45) is 0. The number of benzene rings is 1. The molecule has 2 N–H and O–H groups in total. The zero-order valence-electron chi connectivity index (χ0n) is 11.7. The first-order valence-electron chi connectivity index (χ1n) is 6.28. The Labute approximate surface area is 128 Å². The van der Waals surface area contributed by atoms with Crippen LogP contribution in [0, 0.1) is 5.92 Å². The molecule has 0 unspecified atom stereocenters. The lowest BCUT2D eigenvalue weighted by Gasteiger charge is -2.15. The molecule has 1 atom stereocenters. The van der Waals surface area contributed by atoms with E-state index in [2.05, 4.69) is 26.0 Å². The van der Waals surface area contributed by atoms with Crippen LogP contribution in [0.1, 0.15) is 20.8 Å². The van der Waals surface area contributed by atoms with Gasteiger partial charge in [-0.2, -0.15) is 4.72 Å². The fraction of sp³-hybridized carbons (Fsp3) is 0.462. The van der Waals surface area contributed by atoms with Gasteiger partial charge in [-0.3, -0.25) is 4.79 Å². The van der Waals surface area contributed by atoms with Crippen LogP contribution < -0.4 is 10.0 Å². The lowest BCUT2D eigenvalue weighted by molar-refractivity contribution is -0.122.